The molecule has 7 heteroatoms. The number of hydrogen-bond donors (Lipinski definition) is 2. The van der Waals surface area contributed by atoms with E-state index in [1.165, 1.54) is 5.56 Å². The topological polar surface area (TPSA) is 70.7 Å². The number of ether oxygens (including phenoxy) is 1. The summed E-state index contributed by atoms with van der Waals surface area (Å²) in [6, 6.07) is 14.3. The molecular weight excluding hydrogens is 426 g/mol. The normalized spacial score (nSPS) is 15.9. The lowest BCUT2D eigenvalue weighted by atomic mass is 10.00. The van der Waals surface area contributed by atoms with Crippen LogP contribution in [0.2, 0.25) is 5.02 Å². The van der Waals surface area contributed by atoms with E-state index in [4.69, 9.17) is 16.3 Å². The lowest BCUT2D eigenvalue weighted by Gasteiger charge is -2.33. The number of nitrogens with one attached hydrogen (secondary N) is 2. The number of carbonyl (C=O) groups excluding carboxylic acids is 2. The largest absolute Gasteiger partial charge is 0.497 e. The van der Waals surface area contributed by atoms with E-state index in [0.29, 0.717) is 10.6 Å². The molecule has 6 nitrogen and oxygen atoms in total. The average Bonchev–Trinajstić information content (AvgIpc) is 2.79. The summed E-state index contributed by atoms with van der Waals surface area (Å²) in [6.07, 6.45) is 1.76. The van der Waals surface area contributed by atoms with E-state index in [1.54, 1.807) is 31.4 Å². The van der Waals surface area contributed by atoms with Crippen LogP contribution in [-0.4, -0.2) is 49.0 Å². The summed E-state index contributed by atoms with van der Waals surface area (Å²) < 4.78 is 5.31. The fraction of sp³-hybridized carbons (Fsp3) is 0.440. The predicted molar refractivity (Wildman–Crippen MR) is 127 cm³/mol. The molecule has 2 aromatic carbocycles. The van der Waals surface area contributed by atoms with Crippen molar-refractivity contribution in [2.45, 2.75) is 45.3 Å². The Labute approximate surface area is 195 Å². The Balaban J connectivity index is 1.50. The lowest BCUT2D eigenvalue weighted by Crippen LogP contribution is -2.53. The van der Waals surface area contributed by atoms with E-state index >= 15 is 0 Å². The van der Waals surface area contributed by atoms with Crippen LogP contribution in [0.1, 0.15) is 42.6 Å². The number of hydrogen-bond acceptors (Lipinski definition) is 4. The van der Waals surface area contributed by atoms with E-state index in [-0.39, 0.29) is 23.8 Å². The van der Waals surface area contributed by atoms with Gasteiger partial charge in [-0.1, -0.05) is 37.6 Å². The van der Waals surface area contributed by atoms with Crippen LogP contribution in [0, 0.1) is 5.92 Å². The summed E-state index contributed by atoms with van der Waals surface area (Å²) in [5.41, 5.74) is 1.70. The Kier molecular flexibility index (Phi) is 8.53. The van der Waals surface area contributed by atoms with Crippen LogP contribution in [0.25, 0.3) is 0 Å². The van der Waals surface area contributed by atoms with Gasteiger partial charge in [0, 0.05) is 36.3 Å². The van der Waals surface area contributed by atoms with Gasteiger partial charge in [-0.3, -0.25) is 14.5 Å². The standard InChI is InChI=1S/C25H32ClN3O3/c1-17(2)23(28-24(30)19-7-9-20(26)10-8-19)25(31)27-21-11-13-29(14-12-21)16-18-5-4-6-22(15-18)32-3/h4-10,15,17,21,23H,11-14,16H2,1-3H3,(H,27,31)(H,28,30). The zero-order valence-corrected chi connectivity index (χ0v) is 19.7. The van der Waals surface area contributed by atoms with Crippen LogP contribution >= 0.6 is 11.6 Å². The fourth-order valence-corrected chi connectivity index (χ4v) is 4.04. The van der Waals surface area contributed by atoms with Crippen LogP contribution in [0.4, 0.5) is 0 Å². The molecule has 1 aliphatic heterocycles. The summed E-state index contributed by atoms with van der Waals surface area (Å²) in [5, 5.41) is 6.59. The van der Waals surface area contributed by atoms with Crippen LogP contribution in [0.15, 0.2) is 48.5 Å². The summed E-state index contributed by atoms with van der Waals surface area (Å²) in [7, 11) is 1.68. The molecule has 2 amide bonds. The van der Waals surface area contributed by atoms with Crippen molar-refractivity contribution in [1.29, 1.82) is 0 Å². The highest BCUT2D eigenvalue weighted by Gasteiger charge is 2.28. The number of methoxy groups -OCH3 is 1. The van der Waals surface area contributed by atoms with Crippen molar-refractivity contribution in [1.82, 2.24) is 15.5 Å². The number of benzene rings is 2. The van der Waals surface area contributed by atoms with Gasteiger partial charge < -0.3 is 15.4 Å². The predicted octanol–water partition coefficient (Wildman–Crippen LogP) is 3.88. The van der Waals surface area contributed by atoms with E-state index in [2.05, 4.69) is 27.7 Å². The molecule has 0 saturated carbocycles. The third kappa shape index (κ3) is 6.71. The van der Waals surface area contributed by atoms with Gasteiger partial charge in [0.1, 0.15) is 11.8 Å². The van der Waals surface area contributed by atoms with Crippen molar-refractivity contribution in [3.63, 3.8) is 0 Å². The molecule has 2 aromatic rings. The summed E-state index contributed by atoms with van der Waals surface area (Å²) in [6.45, 7) is 6.55. The smallest absolute Gasteiger partial charge is 0.251 e. The van der Waals surface area contributed by atoms with Gasteiger partial charge in [-0.05, 0) is 60.7 Å². The summed E-state index contributed by atoms with van der Waals surface area (Å²) >= 11 is 5.90. The molecule has 1 saturated heterocycles. The minimum absolute atomic E-state index is 0.0283. The molecule has 0 bridgehead atoms. The van der Waals surface area contributed by atoms with Crippen molar-refractivity contribution in [2.24, 2.45) is 5.92 Å². The molecule has 172 valence electrons. The van der Waals surface area contributed by atoms with E-state index in [0.717, 1.165) is 38.2 Å². The first kappa shape index (κ1) is 24.1. The summed E-state index contributed by atoms with van der Waals surface area (Å²) in [4.78, 5) is 27.9. The van der Waals surface area contributed by atoms with Gasteiger partial charge in [0.15, 0.2) is 0 Å². The van der Waals surface area contributed by atoms with Gasteiger partial charge in [0.25, 0.3) is 5.91 Å². The molecule has 1 heterocycles. The molecule has 1 atom stereocenters. The van der Waals surface area contributed by atoms with Crippen molar-refractivity contribution >= 4 is 23.4 Å². The average molecular weight is 458 g/mol. The molecule has 0 radical (unpaired) electrons. The fourth-order valence-electron chi connectivity index (χ4n) is 3.92. The number of nitrogens with zero attached hydrogens (tertiary/aromatic N) is 1. The maximum absolute atomic E-state index is 12.9. The van der Waals surface area contributed by atoms with Gasteiger partial charge in [0.2, 0.25) is 5.91 Å². The molecule has 0 spiro atoms. The Morgan fingerprint density at radius 2 is 1.81 bits per heavy atom. The third-order valence-electron chi connectivity index (χ3n) is 5.82. The lowest BCUT2D eigenvalue weighted by molar-refractivity contribution is -0.125. The Morgan fingerprint density at radius 3 is 2.44 bits per heavy atom. The van der Waals surface area contributed by atoms with Gasteiger partial charge in [0.05, 0.1) is 7.11 Å². The second-order valence-corrected chi connectivity index (χ2v) is 9.05. The van der Waals surface area contributed by atoms with Crippen molar-refractivity contribution < 1.29 is 14.3 Å². The quantitative estimate of drug-likeness (QED) is 0.631. The SMILES string of the molecule is COc1cccc(CN2CCC(NC(=O)C(NC(=O)c3ccc(Cl)cc3)C(C)C)CC2)c1. The number of halogens is 1. The molecular formula is C25H32ClN3O3. The van der Waals surface area contributed by atoms with Crippen molar-refractivity contribution in [3.05, 3.63) is 64.7 Å². The Bertz CT molecular complexity index is 909. The first-order valence-electron chi connectivity index (χ1n) is 11.1. The maximum Gasteiger partial charge on any atom is 0.251 e. The van der Waals surface area contributed by atoms with Crippen molar-refractivity contribution in [2.75, 3.05) is 20.2 Å². The van der Waals surface area contributed by atoms with Crippen LogP contribution in [-0.2, 0) is 11.3 Å². The van der Waals surface area contributed by atoms with Gasteiger partial charge >= 0.3 is 0 Å². The minimum Gasteiger partial charge on any atom is -0.497 e. The number of likely N-dealkylation sites (tertiary alicyclic amines) is 1. The van der Waals surface area contributed by atoms with Crippen LogP contribution in [0.5, 0.6) is 5.75 Å². The number of piperidine rings is 1. The molecule has 2 N–H and O–H groups in total. The monoisotopic (exact) mass is 457 g/mol. The zero-order valence-electron chi connectivity index (χ0n) is 18.9. The molecule has 1 fully saturated rings. The van der Waals surface area contributed by atoms with E-state index in [1.807, 2.05) is 26.0 Å². The third-order valence-corrected chi connectivity index (χ3v) is 6.07. The Hall–Kier alpha value is -2.57. The van der Waals surface area contributed by atoms with Gasteiger partial charge in [-0.25, -0.2) is 0 Å². The maximum atomic E-state index is 12.9. The Morgan fingerprint density at radius 1 is 1.12 bits per heavy atom. The molecule has 0 aliphatic carbocycles. The first-order valence-corrected chi connectivity index (χ1v) is 11.5. The summed E-state index contributed by atoms with van der Waals surface area (Å²) in [5.74, 6) is 0.432. The highest BCUT2D eigenvalue weighted by molar-refractivity contribution is 6.30. The number of rotatable bonds is 8. The molecule has 3 rings (SSSR count). The molecule has 0 aromatic heterocycles. The highest BCUT2D eigenvalue weighted by Crippen LogP contribution is 2.18. The zero-order chi connectivity index (χ0) is 23.1. The van der Waals surface area contributed by atoms with E-state index < -0.39 is 6.04 Å². The van der Waals surface area contributed by atoms with E-state index in [9.17, 15) is 9.59 Å². The minimum atomic E-state index is -0.590. The molecule has 1 unspecified atom stereocenters. The van der Waals surface area contributed by atoms with Gasteiger partial charge in [-0.15, -0.1) is 0 Å². The first-order chi connectivity index (χ1) is 15.4. The van der Waals surface area contributed by atoms with Crippen molar-refractivity contribution in [3.8, 4) is 5.75 Å². The molecule has 32 heavy (non-hydrogen) atoms. The number of carbonyl (C=O) groups is 2. The van der Waals surface area contributed by atoms with Crippen LogP contribution < -0.4 is 15.4 Å². The van der Waals surface area contributed by atoms with Gasteiger partial charge in [-0.2, -0.15) is 0 Å². The second-order valence-electron chi connectivity index (χ2n) is 8.61. The van der Waals surface area contributed by atoms with Crippen LogP contribution in [0.3, 0.4) is 0 Å². The molecule has 1 aliphatic rings. The second kappa shape index (κ2) is 11.3. The number of amides is 2. The highest BCUT2D eigenvalue weighted by atomic mass is 35.5.